The molecule has 1 saturated heterocycles. The molecule has 2 fully saturated rings. The summed E-state index contributed by atoms with van der Waals surface area (Å²) in [5.41, 5.74) is 1.62. The standard InChI is InChI=1S/C22H25F2N3O/c23-18-5-7-19(8-6-18)25-11-13-26(14-12-25)22(28)16-27(20-9-10-20)15-17-3-1-2-4-21(17)24/h1-8,20H,9-16H2. The fourth-order valence-corrected chi connectivity index (χ4v) is 3.74. The van der Waals surface area contributed by atoms with Crippen LogP contribution in [0.3, 0.4) is 0 Å². The Kier molecular flexibility index (Phi) is 5.57. The van der Waals surface area contributed by atoms with Crippen LogP contribution in [0.2, 0.25) is 0 Å². The molecular formula is C22H25F2N3O. The van der Waals surface area contributed by atoms with Crippen LogP contribution in [0, 0.1) is 11.6 Å². The number of carbonyl (C=O) groups excluding carboxylic acids is 1. The van der Waals surface area contributed by atoms with E-state index in [1.807, 2.05) is 11.0 Å². The molecule has 0 N–H and O–H groups in total. The molecule has 2 aliphatic rings. The molecule has 0 aromatic heterocycles. The summed E-state index contributed by atoms with van der Waals surface area (Å²) >= 11 is 0. The van der Waals surface area contributed by atoms with Gasteiger partial charge in [-0.15, -0.1) is 0 Å². The molecule has 4 rings (SSSR count). The number of anilines is 1. The van der Waals surface area contributed by atoms with Crippen LogP contribution in [0.5, 0.6) is 0 Å². The highest BCUT2D eigenvalue weighted by Crippen LogP contribution is 2.29. The molecule has 0 spiro atoms. The fourth-order valence-electron chi connectivity index (χ4n) is 3.74. The quantitative estimate of drug-likeness (QED) is 0.764. The number of rotatable bonds is 6. The third kappa shape index (κ3) is 4.50. The van der Waals surface area contributed by atoms with Crippen molar-refractivity contribution in [1.29, 1.82) is 0 Å². The van der Waals surface area contributed by atoms with Gasteiger partial charge >= 0.3 is 0 Å². The highest BCUT2D eigenvalue weighted by atomic mass is 19.1. The van der Waals surface area contributed by atoms with E-state index in [9.17, 15) is 13.6 Å². The number of nitrogens with zero attached hydrogens (tertiary/aromatic N) is 3. The summed E-state index contributed by atoms with van der Waals surface area (Å²) in [6, 6.07) is 13.6. The van der Waals surface area contributed by atoms with Crippen molar-refractivity contribution in [3.8, 4) is 0 Å². The van der Waals surface area contributed by atoms with Crippen molar-refractivity contribution in [2.45, 2.75) is 25.4 Å². The number of carbonyl (C=O) groups is 1. The second-order valence-electron chi connectivity index (χ2n) is 7.57. The van der Waals surface area contributed by atoms with Gasteiger partial charge in [-0.3, -0.25) is 9.69 Å². The summed E-state index contributed by atoms with van der Waals surface area (Å²) in [6.45, 7) is 3.55. The molecule has 2 aromatic rings. The molecule has 2 aromatic carbocycles. The molecule has 0 atom stereocenters. The Morgan fingerprint density at radius 2 is 1.64 bits per heavy atom. The predicted molar refractivity (Wildman–Crippen MR) is 105 cm³/mol. The zero-order chi connectivity index (χ0) is 19.5. The molecule has 0 unspecified atom stereocenters. The van der Waals surface area contributed by atoms with Crippen LogP contribution in [-0.2, 0) is 11.3 Å². The molecule has 0 radical (unpaired) electrons. The first kappa shape index (κ1) is 18.9. The minimum Gasteiger partial charge on any atom is -0.368 e. The van der Waals surface area contributed by atoms with Crippen molar-refractivity contribution < 1.29 is 13.6 Å². The summed E-state index contributed by atoms with van der Waals surface area (Å²) in [6.07, 6.45) is 2.14. The third-order valence-electron chi connectivity index (χ3n) is 5.56. The lowest BCUT2D eigenvalue weighted by Gasteiger charge is -2.37. The van der Waals surface area contributed by atoms with Gasteiger partial charge in [-0.2, -0.15) is 0 Å². The Bertz CT molecular complexity index is 815. The Labute approximate surface area is 164 Å². The Balaban J connectivity index is 1.33. The van der Waals surface area contributed by atoms with Gasteiger partial charge in [0.25, 0.3) is 0 Å². The van der Waals surface area contributed by atoms with E-state index in [1.165, 1.54) is 18.2 Å². The van der Waals surface area contributed by atoms with Crippen LogP contribution >= 0.6 is 0 Å². The second kappa shape index (κ2) is 8.27. The van der Waals surface area contributed by atoms with Crippen LogP contribution < -0.4 is 4.90 Å². The van der Waals surface area contributed by atoms with Crippen LogP contribution in [0.4, 0.5) is 14.5 Å². The first-order valence-corrected chi connectivity index (χ1v) is 9.86. The van der Waals surface area contributed by atoms with Gasteiger partial charge in [0.1, 0.15) is 11.6 Å². The maximum atomic E-state index is 14.0. The number of hydrogen-bond donors (Lipinski definition) is 0. The van der Waals surface area contributed by atoms with Crippen LogP contribution in [0.25, 0.3) is 0 Å². The molecule has 1 amide bonds. The first-order valence-electron chi connectivity index (χ1n) is 9.86. The van der Waals surface area contributed by atoms with E-state index in [2.05, 4.69) is 9.80 Å². The molecular weight excluding hydrogens is 360 g/mol. The van der Waals surface area contributed by atoms with Crippen molar-refractivity contribution >= 4 is 11.6 Å². The summed E-state index contributed by atoms with van der Waals surface area (Å²) < 4.78 is 27.1. The highest BCUT2D eigenvalue weighted by molar-refractivity contribution is 5.78. The molecule has 0 bridgehead atoms. The smallest absolute Gasteiger partial charge is 0.236 e. The van der Waals surface area contributed by atoms with Crippen LogP contribution in [0.15, 0.2) is 48.5 Å². The van der Waals surface area contributed by atoms with Gasteiger partial charge in [-0.25, -0.2) is 8.78 Å². The molecule has 4 nitrogen and oxygen atoms in total. The lowest BCUT2D eigenvalue weighted by molar-refractivity contribution is -0.133. The summed E-state index contributed by atoms with van der Waals surface area (Å²) in [5, 5.41) is 0. The van der Waals surface area contributed by atoms with E-state index in [4.69, 9.17) is 0 Å². The molecule has 148 valence electrons. The highest BCUT2D eigenvalue weighted by Gasteiger charge is 2.32. The maximum Gasteiger partial charge on any atom is 0.236 e. The maximum absolute atomic E-state index is 14.0. The summed E-state index contributed by atoms with van der Waals surface area (Å²) in [7, 11) is 0. The topological polar surface area (TPSA) is 26.8 Å². The Morgan fingerprint density at radius 3 is 2.29 bits per heavy atom. The van der Waals surface area contributed by atoms with E-state index in [0.717, 1.165) is 31.6 Å². The second-order valence-corrected chi connectivity index (χ2v) is 7.57. The summed E-state index contributed by atoms with van der Waals surface area (Å²) in [5.74, 6) is -0.358. The molecule has 1 aliphatic carbocycles. The molecule has 1 heterocycles. The zero-order valence-corrected chi connectivity index (χ0v) is 15.9. The van der Waals surface area contributed by atoms with Crippen molar-refractivity contribution in [3.63, 3.8) is 0 Å². The zero-order valence-electron chi connectivity index (χ0n) is 15.9. The lowest BCUT2D eigenvalue weighted by atomic mass is 10.2. The third-order valence-corrected chi connectivity index (χ3v) is 5.56. The molecule has 28 heavy (non-hydrogen) atoms. The van der Waals surface area contributed by atoms with Gasteiger partial charge in [0.15, 0.2) is 0 Å². The van der Waals surface area contributed by atoms with Gasteiger partial charge in [0, 0.05) is 50.0 Å². The Hall–Kier alpha value is -2.47. The number of halogens is 2. The first-order chi connectivity index (χ1) is 13.6. The minimum absolute atomic E-state index is 0.0991. The van der Waals surface area contributed by atoms with Gasteiger partial charge in [0.2, 0.25) is 5.91 Å². The SMILES string of the molecule is O=C(CN(Cc1ccccc1F)C1CC1)N1CCN(c2ccc(F)cc2)CC1. The van der Waals surface area contributed by atoms with Gasteiger partial charge in [-0.05, 0) is 43.2 Å². The van der Waals surface area contributed by atoms with Crippen LogP contribution in [-0.4, -0.2) is 54.5 Å². The minimum atomic E-state index is -0.243. The largest absolute Gasteiger partial charge is 0.368 e. The number of piperazine rings is 1. The average Bonchev–Trinajstić information content (AvgIpc) is 3.55. The van der Waals surface area contributed by atoms with E-state index in [-0.39, 0.29) is 17.5 Å². The molecule has 1 aliphatic heterocycles. The fraction of sp³-hybridized carbons (Fsp3) is 0.409. The average molecular weight is 385 g/mol. The normalized spacial score (nSPS) is 17.2. The van der Waals surface area contributed by atoms with E-state index in [1.54, 1.807) is 24.3 Å². The van der Waals surface area contributed by atoms with E-state index >= 15 is 0 Å². The van der Waals surface area contributed by atoms with E-state index in [0.29, 0.717) is 37.8 Å². The van der Waals surface area contributed by atoms with Gasteiger partial charge in [-0.1, -0.05) is 18.2 Å². The molecule has 1 saturated carbocycles. The summed E-state index contributed by atoms with van der Waals surface area (Å²) in [4.78, 5) is 19.0. The van der Waals surface area contributed by atoms with Crippen molar-refractivity contribution in [2.75, 3.05) is 37.6 Å². The lowest BCUT2D eigenvalue weighted by Crippen LogP contribution is -2.51. The van der Waals surface area contributed by atoms with Crippen LogP contribution in [0.1, 0.15) is 18.4 Å². The van der Waals surface area contributed by atoms with Crippen molar-refractivity contribution in [2.24, 2.45) is 0 Å². The van der Waals surface area contributed by atoms with Gasteiger partial charge in [0.05, 0.1) is 6.54 Å². The number of amides is 1. The van der Waals surface area contributed by atoms with Crippen molar-refractivity contribution in [1.82, 2.24) is 9.80 Å². The van der Waals surface area contributed by atoms with E-state index < -0.39 is 0 Å². The van der Waals surface area contributed by atoms with Gasteiger partial charge < -0.3 is 9.80 Å². The Morgan fingerprint density at radius 1 is 0.964 bits per heavy atom. The molecule has 6 heteroatoms. The van der Waals surface area contributed by atoms with Crippen molar-refractivity contribution in [3.05, 3.63) is 65.7 Å². The predicted octanol–water partition coefficient (Wildman–Crippen LogP) is 3.28. The monoisotopic (exact) mass is 385 g/mol. The number of benzene rings is 2. The number of hydrogen-bond acceptors (Lipinski definition) is 3.